The number of anilines is 2. The lowest BCUT2D eigenvalue weighted by molar-refractivity contribution is 0.383. The molecular formula is C52H62N2. The Balaban J connectivity index is 1.77. The zero-order chi connectivity index (χ0) is 38.6. The van der Waals surface area contributed by atoms with Gasteiger partial charge in [0.15, 0.2) is 0 Å². The van der Waals surface area contributed by atoms with Crippen molar-refractivity contribution in [3.05, 3.63) is 184 Å². The summed E-state index contributed by atoms with van der Waals surface area (Å²) < 4.78 is 0. The quantitative estimate of drug-likeness (QED) is 0.152. The zero-order valence-electron chi connectivity index (χ0n) is 34.4. The Labute approximate surface area is 327 Å². The van der Waals surface area contributed by atoms with Gasteiger partial charge in [-0.25, -0.2) is 0 Å². The molecule has 2 heteroatoms. The Hall–Kier alpha value is -4.82. The summed E-state index contributed by atoms with van der Waals surface area (Å²) in [6.45, 7) is 24.9. The highest BCUT2D eigenvalue weighted by Gasteiger charge is 2.50. The number of aryl methyl sites for hydroxylation is 1. The molecule has 0 bridgehead atoms. The fraction of sp³-hybridized carbons (Fsp3) is 0.346. The summed E-state index contributed by atoms with van der Waals surface area (Å²) in [6.07, 6.45) is 25.8. The molecular weight excluding hydrogens is 653 g/mol. The van der Waals surface area contributed by atoms with Crippen molar-refractivity contribution in [2.24, 2.45) is 17.8 Å². The van der Waals surface area contributed by atoms with E-state index in [0.29, 0.717) is 17.8 Å². The average Bonchev–Trinajstić information content (AvgIpc) is 3.38. The lowest BCUT2D eigenvalue weighted by Crippen LogP contribution is -2.52. The molecule has 2 nitrogen and oxygen atoms in total. The number of allylic oxidation sites excluding steroid dienone is 10. The third kappa shape index (κ3) is 7.85. The number of hydrogen-bond acceptors (Lipinski definition) is 2. The van der Waals surface area contributed by atoms with Crippen LogP contribution in [-0.2, 0) is 5.54 Å². The molecule has 3 aliphatic rings. The predicted octanol–water partition coefficient (Wildman–Crippen LogP) is 14.5. The van der Waals surface area contributed by atoms with E-state index in [0.717, 1.165) is 30.5 Å². The Morgan fingerprint density at radius 1 is 0.907 bits per heavy atom. The molecule has 3 aromatic carbocycles. The van der Waals surface area contributed by atoms with Gasteiger partial charge in [-0.2, -0.15) is 0 Å². The highest BCUT2D eigenvalue weighted by Crippen LogP contribution is 2.55. The summed E-state index contributed by atoms with van der Waals surface area (Å²) in [5, 5.41) is 0. The van der Waals surface area contributed by atoms with Crippen LogP contribution in [0.4, 0.5) is 11.4 Å². The Bertz CT molecular complexity index is 2040. The second-order valence-corrected chi connectivity index (χ2v) is 16.6. The van der Waals surface area contributed by atoms with Crippen LogP contribution in [0.25, 0.3) is 5.70 Å². The summed E-state index contributed by atoms with van der Waals surface area (Å²) in [4.78, 5) is 5.21. The number of fused-ring (bicyclic) bond motifs is 2. The maximum atomic E-state index is 4.24. The van der Waals surface area contributed by atoms with E-state index in [1.54, 1.807) is 0 Å². The van der Waals surface area contributed by atoms with E-state index in [9.17, 15) is 0 Å². The van der Waals surface area contributed by atoms with Gasteiger partial charge >= 0.3 is 0 Å². The second-order valence-electron chi connectivity index (χ2n) is 16.6. The van der Waals surface area contributed by atoms with Crippen molar-refractivity contribution in [3.63, 3.8) is 0 Å². The van der Waals surface area contributed by atoms with Gasteiger partial charge in [-0.1, -0.05) is 149 Å². The van der Waals surface area contributed by atoms with Gasteiger partial charge in [0, 0.05) is 34.3 Å². The van der Waals surface area contributed by atoms with Gasteiger partial charge in [-0.05, 0) is 124 Å². The van der Waals surface area contributed by atoms with E-state index in [1.165, 1.54) is 62.6 Å². The minimum atomic E-state index is -0.499. The van der Waals surface area contributed by atoms with Crippen LogP contribution in [0.1, 0.15) is 109 Å². The molecule has 0 spiro atoms. The van der Waals surface area contributed by atoms with Gasteiger partial charge in [0.1, 0.15) is 0 Å². The predicted molar refractivity (Wildman–Crippen MR) is 235 cm³/mol. The molecule has 0 radical (unpaired) electrons. The third-order valence-corrected chi connectivity index (χ3v) is 11.7. The van der Waals surface area contributed by atoms with Crippen LogP contribution in [0, 0.1) is 24.7 Å². The minimum absolute atomic E-state index is 0.0261. The van der Waals surface area contributed by atoms with E-state index >= 15 is 0 Å². The highest BCUT2D eigenvalue weighted by atomic mass is 15.2. The molecule has 0 fully saturated rings. The summed E-state index contributed by atoms with van der Waals surface area (Å²) in [5.74, 6) is 1.50. The first-order chi connectivity index (χ1) is 25.9. The monoisotopic (exact) mass is 714 g/mol. The van der Waals surface area contributed by atoms with Crippen LogP contribution in [0.3, 0.4) is 0 Å². The zero-order valence-corrected chi connectivity index (χ0v) is 34.4. The van der Waals surface area contributed by atoms with Crippen LogP contribution < -0.4 is 9.80 Å². The van der Waals surface area contributed by atoms with Gasteiger partial charge in [0.2, 0.25) is 0 Å². The van der Waals surface area contributed by atoms with E-state index in [2.05, 4.69) is 206 Å². The van der Waals surface area contributed by atoms with Gasteiger partial charge in [0.05, 0.1) is 11.2 Å². The van der Waals surface area contributed by atoms with Gasteiger partial charge in [-0.15, -0.1) is 0 Å². The number of para-hydroxylation sites is 1. The molecule has 0 saturated carbocycles. The topological polar surface area (TPSA) is 6.48 Å². The molecule has 3 atom stereocenters. The van der Waals surface area contributed by atoms with Gasteiger partial charge in [0.25, 0.3) is 0 Å². The smallest absolute Gasteiger partial charge is 0.0784 e. The van der Waals surface area contributed by atoms with Gasteiger partial charge < -0.3 is 9.80 Å². The second kappa shape index (κ2) is 16.7. The molecule has 0 amide bonds. The molecule has 0 aromatic heterocycles. The van der Waals surface area contributed by atoms with Crippen LogP contribution in [0.2, 0.25) is 0 Å². The van der Waals surface area contributed by atoms with Gasteiger partial charge in [-0.3, -0.25) is 0 Å². The van der Waals surface area contributed by atoms with Crippen molar-refractivity contribution in [3.8, 4) is 0 Å². The molecule has 280 valence electrons. The SMILES string of the molecule is C=C(C)/C=C\C(=C/C)N(c1ccccc1)C1(C)c2cc(C(C)C)ccc2C(N(C2=C/CCC(C)C/C=C\2)c2ccc(C)cc2)=C2C=C(C(C)C)CC=CC21. The number of hydrogen-bond donors (Lipinski definition) is 0. The highest BCUT2D eigenvalue weighted by molar-refractivity contribution is 5.91. The maximum absolute atomic E-state index is 4.24. The molecule has 0 aliphatic heterocycles. The molecule has 0 N–H and O–H groups in total. The lowest BCUT2D eigenvalue weighted by Gasteiger charge is -2.53. The van der Waals surface area contributed by atoms with E-state index in [1.807, 2.05) is 0 Å². The van der Waals surface area contributed by atoms with Crippen molar-refractivity contribution >= 4 is 17.1 Å². The van der Waals surface area contributed by atoms with E-state index in [4.69, 9.17) is 0 Å². The molecule has 3 aromatic rings. The number of nitrogens with zero attached hydrogens (tertiary/aromatic N) is 2. The van der Waals surface area contributed by atoms with Crippen molar-refractivity contribution in [1.82, 2.24) is 0 Å². The number of benzene rings is 3. The molecule has 6 rings (SSSR count). The molecule has 0 heterocycles. The fourth-order valence-corrected chi connectivity index (χ4v) is 8.46. The van der Waals surface area contributed by atoms with E-state index < -0.39 is 5.54 Å². The Morgan fingerprint density at radius 2 is 1.65 bits per heavy atom. The van der Waals surface area contributed by atoms with Crippen LogP contribution in [-0.4, -0.2) is 0 Å². The molecule has 3 unspecified atom stereocenters. The van der Waals surface area contributed by atoms with Crippen LogP contribution >= 0.6 is 0 Å². The molecule has 0 saturated heterocycles. The Kier molecular flexibility index (Phi) is 12.0. The standard InChI is InChI=1S/C52H62N2/c1-11-43(30-26-36(2)3)54(46-21-13-12-14-22-46)52(10)49-25-17-20-41(37(4)5)34-48(49)51(47-33-29-42(38(6)7)35-50(47)52)53(45-31-27-40(9)28-32-45)44-23-15-18-39(8)19-16-24-44/h11-15,17,21-35,37-39,49H,2,16,18-20H2,1,3-10H3/b23-15-,30-26-,43-11+,44-24+. The summed E-state index contributed by atoms with van der Waals surface area (Å²) in [6, 6.07) is 27.5. The summed E-state index contributed by atoms with van der Waals surface area (Å²) in [5.41, 5.74) is 14.7. The first-order valence-corrected chi connectivity index (χ1v) is 20.3. The first-order valence-electron chi connectivity index (χ1n) is 20.3. The molecule has 54 heavy (non-hydrogen) atoms. The third-order valence-electron chi connectivity index (χ3n) is 11.7. The average molecular weight is 715 g/mol. The molecule has 3 aliphatic carbocycles. The normalized spacial score (nSPS) is 23.2. The Morgan fingerprint density at radius 3 is 2.31 bits per heavy atom. The van der Waals surface area contributed by atoms with Crippen molar-refractivity contribution < 1.29 is 0 Å². The van der Waals surface area contributed by atoms with Crippen LogP contribution in [0.5, 0.6) is 0 Å². The van der Waals surface area contributed by atoms with Crippen LogP contribution in [0.15, 0.2) is 162 Å². The van der Waals surface area contributed by atoms with Crippen molar-refractivity contribution in [2.45, 2.75) is 99.5 Å². The first kappa shape index (κ1) is 38.9. The van der Waals surface area contributed by atoms with Crippen molar-refractivity contribution in [2.75, 3.05) is 9.80 Å². The van der Waals surface area contributed by atoms with Crippen molar-refractivity contribution in [1.29, 1.82) is 0 Å². The fourth-order valence-electron chi connectivity index (χ4n) is 8.46. The summed E-state index contributed by atoms with van der Waals surface area (Å²) in [7, 11) is 0. The largest absolute Gasteiger partial charge is 0.331 e. The lowest BCUT2D eigenvalue weighted by atomic mass is 9.66. The summed E-state index contributed by atoms with van der Waals surface area (Å²) >= 11 is 0. The number of rotatable bonds is 10. The van der Waals surface area contributed by atoms with E-state index in [-0.39, 0.29) is 5.92 Å². The maximum Gasteiger partial charge on any atom is 0.0784 e. The minimum Gasteiger partial charge on any atom is -0.331 e.